The molecule has 0 saturated heterocycles. The number of benzene rings is 1. The van der Waals surface area contributed by atoms with Crippen molar-refractivity contribution in [3.05, 3.63) is 27.4 Å². The third-order valence-electron chi connectivity index (χ3n) is 4.59. The van der Waals surface area contributed by atoms with E-state index in [-0.39, 0.29) is 11.8 Å². The van der Waals surface area contributed by atoms with Crippen LogP contribution in [-0.2, 0) is 18.3 Å². The van der Waals surface area contributed by atoms with Gasteiger partial charge < -0.3 is 20.3 Å². The van der Waals surface area contributed by atoms with E-state index in [4.69, 9.17) is 23.2 Å². The Morgan fingerprint density at radius 1 is 1.50 bits per heavy atom. The first-order valence-electron chi connectivity index (χ1n) is 8.01. The minimum Gasteiger partial charge on any atom is -0.392 e. The molecule has 24 heavy (non-hydrogen) atoms. The Morgan fingerprint density at radius 3 is 2.88 bits per heavy atom. The summed E-state index contributed by atoms with van der Waals surface area (Å²) in [5.41, 5.74) is 3.68. The molecule has 0 spiro atoms. The molecule has 7 heteroatoms. The number of hydrogen-bond acceptors (Lipinski definition) is 3. The van der Waals surface area contributed by atoms with E-state index in [1.54, 1.807) is 13.0 Å². The van der Waals surface area contributed by atoms with Gasteiger partial charge in [0.2, 0.25) is 5.91 Å². The molecule has 2 aromatic rings. The monoisotopic (exact) mass is 369 g/mol. The van der Waals surface area contributed by atoms with Crippen molar-refractivity contribution in [3.63, 3.8) is 0 Å². The van der Waals surface area contributed by atoms with E-state index < -0.39 is 6.10 Å². The van der Waals surface area contributed by atoms with Gasteiger partial charge in [0, 0.05) is 43.3 Å². The number of aryl methyl sites for hydroxylation is 1. The second-order valence-corrected chi connectivity index (χ2v) is 7.14. The van der Waals surface area contributed by atoms with Gasteiger partial charge in [-0.25, -0.2) is 0 Å². The van der Waals surface area contributed by atoms with Gasteiger partial charge in [-0.05, 0) is 25.5 Å². The van der Waals surface area contributed by atoms with Crippen LogP contribution in [0.15, 0.2) is 6.07 Å². The highest BCUT2D eigenvalue weighted by Gasteiger charge is 2.30. The number of nitrogens with zero attached hydrogens (tertiary/aromatic N) is 1. The second-order valence-electron chi connectivity index (χ2n) is 6.36. The van der Waals surface area contributed by atoms with Gasteiger partial charge in [0.05, 0.1) is 27.6 Å². The van der Waals surface area contributed by atoms with Gasteiger partial charge in [-0.15, -0.1) is 0 Å². The standard InChI is InChI=1S/C17H21Cl2N3O2/c1-8(23)7-21-11-6-10(18)15(19)16-14(11)13-9(2)17(24)20-5-4-12(13)22(16)3/h6,8-9,21,23H,4-5,7H2,1-3H3,(H,20,24)/t8-,9?/m1/s1. The normalized spacial score (nSPS) is 18.9. The lowest BCUT2D eigenvalue weighted by Crippen LogP contribution is -2.27. The fourth-order valence-electron chi connectivity index (χ4n) is 3.41. The predicted octanol–water partition coefficient (Wildman–Crippen LogP) is 3.05. The van der Waals surface area contributed by atoms with E-state index in [0.717, 1.165) is 34.3 Å². The van der Waals surface area contributed by atoms with Gasteiger partial charge >= 0.3 is 0 Å². The molecule has 1 aliphatic rings. The molecule has 5 nitrogen and oxygen atoms in total. The fourth-order valence-corrected chi connectivity index (χ4v) is 3.89. The molecule has 1 unspecified atom stereocenters. The Kier molecular flexibility index (Phi) is 4.69. The summed E-state index contributed by atoms with van der Waals surface area (Å²) in [6, 6.07) is 1.77. The van der Waals surface area contributed by atoms with Crippen molar-refractivity contribution in [2.75, 3.05) is 18.4 Å². The third kappa shape index (κ3) is 2.75. The zero-order chi connectivity index (χ0) is 17.6. The van der Waals surface area contributed by atoms with Crippen LogP contribution in [0.5, 0.6) is 0 Å². The highest BCUT2D eigenvalue weighted by molar-refractivity contribution is 6.45. The molecule has 3 N–H and O–H groups in total. The van der Waals surface area contributed by atoms with E-state index in [1.807, 2.05) is 18.5 Å². The Morgan fingerprint density at radius 2 is 2.21 bits per heavy atom. The highest BCUT2D eigenvalue weighted by Crippen LogP contribution is 2.43. The topological polar surface area (TPSA) is 66.3 Å². The Bertz CT molecular complexity index is 814. The number of anilines is 1. The smallest absolute Gasteiger partial charge is 0.227 e. The summed E-state index contributed by atoms with van der Waals surface area (Å²) in [5.74, 6) is -0.274. The number of amides is 1. The summed E-state index contributed by atoms with van der Waals surface area (Å²) in [6.07, 6.45) is 0.234. The summed E-state index contributed by atoms with van der Waals surface area (Å²) >= 11 is 12.8. The molecule has 0 radical (unpaired) electrons. The van der Waals surface area contributed by atoms with Crippen LogP contribution in [0.4, 0.5) is 5.69 Å². The zero-order valence-electron chi connectivity index (χ0n) is 13.9. The Labute approximate surface area is 150 Å². The van der Waals surface area contributed by atoms with E-state index >= 15 is 0 Å². The van der Waals surface area contributed by atoms with Crippen LogP contribution < -0.4 is 10.6 Å². The maximum absolute atomic E-state index is 12.3. The third-order valence-corrected chi connectivity index (χ3v) is 5.37. The highest BCUT2D eigenvalue weighted by atomic mass is 35.5. The summed E-state index contributed by atoms with van der Waals surface area (Å²) in [4.78, 5) is 12.3. The van der Waals surface area contributed by atoms with Crippen molar-refractivity contribution >= 4 is 45.7 Å². The first kappa shape index (κ1) is 17.4. The van der Waals surface area contributed by atoms with Crippen molar-refractivity contribution < 1.29 is 9.90 Å². The van der Waals surface area contributed by atoms with Crippen LogP contribution in [0.25, 0.3) is 10.9 Å². The van der Waals surface area contributed by atoms with Crippen LogP contribution >= 0.6 is 23.2 Å². The number of fused-ring (bicyclic) bond motifs is 3. The average molecular weight is 370 g/mol. The van der Waals surface area contributed by atoms with E-state index in [1.165, 1.54) is 0 Å². The molecule has 0 fully saturated rings. The summed E-state index contributed by atoms with van der Waals surface area (Å²) < 4.78 is 2.03. The molecule has 1 aromatic carbocycles. The molecule has 1 aromatic heterocycles. The maximum atomic E-state index is 12.3. The first-order chi connectivity index (χ1) is 11.3. The Balaban J connectivity index is 2.33. The number of halogens is 2. The molecule has 130 valence electrons. The van der Waals surface area contributed by atoms with Crippen LogP contribution in [0, 0.1) is 0 Å². The van der Waals surface area contributed by atoms with Crippen LogP contribution in [0.2, 0.25) is 10.0 Å². The van der Waals surface area contributed by atoms with Crippen molar-refractivity contribution in [1.82, 2.24) is 9.88 Å². The molecule has 0 saturated carbocycles. The Hall–Kier alpha value is -1.43. The molecular weight excluding hydrogens is 349 g/mol. The number of rotatable bonds is 3. The number of hydrogen-bond donors (Lipinski definition) is 3. The van der Waals surface area contributed by atoms with Crippen molar-refractivity contribution in [3.8, 4) is 0 Å². The molecule has 2 heterocycles. The summed E-state index contributed by atoms with van der Waals surface area (Å²) in [7, 11) is 1.95. The molecule has 2 atom stereocenters. The van der Waals surface area contributed by atoms with E-state index in [0.29, 0.717) is 23.1 Å². The van der Waals surface area contributed by atoms with Gasteiger partial charge in [0.1, 0.15) is 0 Å². The summed E-state index contributed by atoms with van der Waals surface area (Å²) in [5, 5.41) is 17.6. The lowest BCUT2D eigenvalue weighted by atomic mass is 9.96. The van der Waals surface area contributed by atoms with Gasteiger partial charge in [-0.3, -0.25) is 4.79 Å². The largest absolute Gasteiger partial charge is 0.392 e. The lowest BCUT2D eigenvalue weighted by molar-refractivity contribution is -0.121. The minimum atomic E-state index is -0.502. The van der Waals surface area contributed by atoms with Crippen LogP contribution in [-0.4, -0.2) is 34.8 Å². The average Bonchev–Trinajstić information content (AvgIpc) is 2.73. The molecular formula is C17H21Cl2N3O2. The number of aliphatic hydroxyl groups excluding tert-OH is 1. The number of aliphatic hydroxyl groups is 1. The molecule has 3 rings (SSSR count). The predicted molar refractivity (Wildman–Crippen MR) is 98.2 cm³/mol. The van der Waals surface area contributed by atoms with Crippen molar-refractivity contribution in [2.45, 2.75) is 32.3 Å². The fraction of sp³-hybridized carbons (Fsp3) is 0.471. The summed E-state index contributed by atoms with van der Waals surface area (Å²) in [6.45, 7) is 4.60. The number of carbonyl (C=O) groups excluding carboxylic acids is 1. The van der Waals surface area contributed by atoms with Gasteiger partial charge in [-0.2, -0.15) is 0 Å². The van der Waals surface area contributed by atoms with Crippen LogP contribution in [0.3, 0.4) is 0 Å². The molecule has 0 bridgehead atoms. The number of nitrogens with one attached hydrogen (secondary N) is 2. The maximum Gasteiger partial charge on any atom is 0.227 e. The van der Waals surface area contributed by atoms with Gasteiger partial charge in [0.25, 0.3) is 0 Å². The first-order valence-corrected chi connectivity index (χ1v) is 8.77. The molecule has 1 amide bonds. The van der Waals surface area contributed by atoms with Crippen LogP contribution in [0.1, 0.15) is 31.0 Å². The van der Waals surface area contributed by atoms with E-state index in [2.05, 4.69) is 10.6 Å². The number of aromatic nitrogens is 1. The zero-order valence-corrected chi connectivity index (χ0v) is 15.4. The molecule has 0 aliphatic carbocycles. The quantitative estimate of drug-likeness (QED) is 0.778. The van der Waals surface area contributed by atoms with Crippen molar-refractivity contribution in [2.24, 2.45) is 7.05 Å². The number of carbonyl (C=O) groups is 1. The SMILES string of the molecule is CC1C(=O)NCCc2c1c1c(NC[C@@H](C)O)cc(Cl)c(Cl)c1n2C. The van der Waals surface area contributed by atoms with Gasteiger partial charge in [0.15, 0.2) is 0 Å². The van der Waals surface area contributed by atoms with Gasteiger partial charge in [-0.1, -0.05) is 23.2 Å². The van der Waals surface area contributed by atoms with Crippen molar-refractivity contribution in [1.29, 1.82) is 0 Å². The minimum absolute atomic E-state index is 0.00815. The lowest BCUT2D eigenvalue weighted by Gasteiger charge is -2.15. The molecule has 1 aliphatic heterocycles. The second kappa shape index (κ2) is 6.47. The van der Waals surface area contributed by atoms with E-state index in [9.17, 15) is 9.90 Å².